The van der Waals surface area contributed by atoms with Gasteiger partial charge in [-0.25, -0.2) is 4.39 Å². The standard InChI is InChI=1S/C25H24ClFN2O2/c1-17(2)28-24(30)15-19-4-3-5-23(14-19)29(16-18-6-12-22(27)13-7-18)25(31)20-8-10-21(26)11-9-20/h3-14,17H,15-16H2,1-2H3,(H,28,30). The Morgan fingerprint density at radius 1 is 0.968 bits per heavy atom. The summed E-state index contributed by atoms with van der Waals surface area (Å²) < 4.78 is 13.3. The number of carbonyl (C=O) groups is 2. The van der Waals surface area contributed by atoms with Crippen molar-refractivity contribution < 1.29 is 14.0 Å². The van der Waals surface area contributed by atoms with E-state index in [4.69, 9.17) is 11.6 Å². The van der Waals surface area contributed by atoms with Crippen LogP contribution < -0.4 is 10.2 Å². The summed E-state index contributed by atoms with van der Waals surface area (Å²) in [6.07, 6.45) is 0.214. The summed E-state index contributed by atoms with van der Waals surface area (Å²) in [4.78, 5) is 27.1. The molecule has 3 aromatic rings. The minimum Gasteiger partial charge on any atom is -0.354 e. The normalized spacial score (nSPS) is 10.7. The van der Waals surface area contributed by atoms with Crippen LogP contribution in [0.5, 0.6) is 0 Å². The first-order chi connectivity index (χ1) is 14.8. The average Bonchev–Trinajstić information content (AvgIpc) is 2.73. The van der Waals surface area contributed by atoms with E-state index in [1.165, 1.54) is 12.1 Å². The van der Waals surface area contributed by atoms with Crippen LogP contribution in [0.2, 0.25) is 5.02 Å². The quantitative estimate of drug-likeness (QED) is 0.537. The number of halogens is 2. The minimum absolute atomic E-state index is 0.0529. The van der Waals surface area contributed by atoms with E-state index in [0.29, 0.717) is 16.3 Å². The fourth-order valence-corrected chi connectivity index (χ4v) is 3.32. The molecule has 1 N–H and O–H groups in total. The molecule has 0 aliphatic carbocycles. The summed E-state index contributed by atoms with van der Waals surface area (Å²) in [5.74, 6) is -0.636. The second kappa shape index (κ2) is 10.2. The molecule has 3 rings (SSSR count). The third kappa shape index (κ3) is 6.40. The molecule has 0 heterocycles. The smallest absolute Gasteiger partial charge is 0.258 e. The highest BCUT2D eigenvalue weighted by atomic mass is 35.5. The van der Waals surface area contributed by atoms with E-state index < -0.39 is 0 Å². The number of anilines is 1. The monoisotopic (exact) mass is 438 g/mol. The molecule has 0 aliphatic heterocycles. The van der Waals surface area contributed by atoms with Gasteiger partial charge < -0.3 is 10.2 Å². The molecule has 4 nitrogen and oxygen atoms in total. The van der Waals surface area contributed by atoms with Gasteiger partial charge >= 0.3 is 0 Å². The molecule has 0 bridgehead atoms. The molecular formula is C25H24ClFN2O2. The Bertz CT molecular complexity index is 1050. The molecule has 0 fully saturated rings. The fourth-order valence-electron chi connectivity index (χ4n) is 3.19. The zero-order chi connectivity index (χ0) is 22.4. The lowest BCUT2D eigenvalue weighted by Gasteiger charge is -2.24. The predicted molar refractivity (Wildman–Crippen MR) is 122 cm³/mol. The molecule has 2 amide bonds. The number of amides is 2. The van der Waals surface area contributed by atoms with Crippen molar-refractivity contribution in [2.24, 2.45) is 0 Å². The van der Waals surface area contributed by atoms with Gasteiger partial charge in [-0.05, 0) is 73.5 Å². The summed E-state index contributed by atoms with van der Waals surface area (Å²) >= 11 is 5.96. The maximum atomic E-state index is 13.3. The first-order valence-corrected chi connectivity index (χ1v) is 10.4. The minimum atomic E-state index is -0.336. The Morgan fingerprint density at radius 3 is 2.29 bits per heavy atom. The number of rotatable bonds is 7. The maximum Gasteiger partial charge on any atom is 0.258 e. The molecule has 0 aromatic heterocycles. The van der Waals surface area contributed by atoms with Crippen molar-refractivity contribution in [3.8, 4) is 0 Å². The van der Waals surface area contributed by atoms with E-state index in [-0.39, 0.29) is 36.6 Å². The zero-order valence-corrected chi connectivity index (χ0v) is 18.2. The van der Waals surface area contributed by atoms with Crippen LogP contribution in [0.4, 0.5) is 10.1 Å². The van der Waals surface area contributed by atoms with Gasteiger partial charge in [-0.2, -0.15) is 0 Å². The van der Waals surface area contributed by atoms with Gasteiger partial charge in [0.05, 0.1) is 13.0 Å². The number of carbonyl (C=O) groups excluding carboxylic acids is 2. The van der Waals surface area contributed by atoms with Crippen molar-refractivity contribution in [3.05, 3.63) is 100 Å². The van der Waals surface area contributed by atoms with E-state index >= 15 is 0 Å². The van der Waals surface area contributed by atoms with Gasteiger partial charge in [0, 0.05) is 22.3 Å². The van der Waals surface area contributed by atoms with Crippen LogP contribution in [0.1, 0.15) is 35.3 Å². The number of benzene rings is 3. The molecule has 0 atom stereocenters. The Labute approximate surface area is 186 Å². The molecule has 0 saturated carbocycles. The molecule has 0 radical (unpaired) electrons. The Balaban J connectivity index is 1.92. The molecular weight excluding hydrogens is 415 g/mol. The molecule has 0 saturated heterocycles. The van der Waals surface area contributed by atoms with Crippen LogP contribution in [0.15, 0.2) is 72.8 Å². The second-order valence-corrected chi connectivity index (χ2v) is 8.03. The van der Waals surface area contributed by atoms with Gasteiger partial charge in [-0.1, -0.05) is 35.9 Å². The topological polar surface area (TPSA) is 49.4 Å². The van der Waals surface area contributed by atoms with Gasteiger partial charge in [-0.3, -0.25) is 9.59 Å². The lowest BCUT2D eigenvalue weighted by atomic mass is 10.1. The van der Waals surface area contributed by atoms with Crippen molar-refractivity contribution in [1.82, 2.24) is 5.32 Å². The van der Waals surface area contributed by atoms with Gasteiger partial charge in [0.15, 0.2) is 0 Å². The van der Waals surface area contributed by atoms with Crippen molar-refractivity contribution >= 4 is 29.1 Å². The third-order valence-corrected chi connectivity index (χ3v) is 4.88. The van der Waals surface area contributed by atoms with E-state index in [2.05, 4.69) is 5.32 Å². The molecule has 160 valence electrons. The Hall–Kier alpha value is -3.18. The van der Waals surface area contributed by atoms with Gasteiger partial charge in [-0.15, -0.1) is 0 Å². The van der Waals surface area contributed by atoms with Crippen LogP contribution in [-0.2, 0) is 17.8 Å². The third-order valence-electron chi connectivity index (χ3n) is 4.63. The average molecular weight is 439 g/mol. The van der Waals surface area contributed by atoms with Crippen molar-refractivity contribution in [2.45, 2.75) is 32.9 Å². The number of nitrogens with zero attached hydrogens (tertiary/aromatic N) is 1. The highest BCUT2D eigenvalue weighted by molar-refractivity contribution is 6.30. The van der Waals surface area contributed by atoms with Crippen molar-refractivity contribution in [2.75, 3.05) is 4.90 Å². The highest BCUT2D eigenvalue weighted by Gasteiger charge is 2.19. The predicted octanol–water partition coefficient (Wildman–Crippen LogP) is 5.39. The van der Waals surface area contributed by atoms with Crippen LogP contribution in [0, 0.1) is 5.82 Å². The van der Waals surface area contributed by atoms with E-state index in [0.717, 1.165) is 11.1 Å². The van der Waals surface area contributed by atoms with E-state index in [1.54, 1.807) is 41.3 Å². The summed E-state index contributed by atoms with van der Waals surface area (Å²) in [5, 5.41) is 3.41. The fraction of sp³-hybridized carbons (Fsp3) is 0.200. The lowest BCUT2D eigenvalue weighted by Crippen LogP contribution is -2.32. The van der Waals surface area contributed by atoms with Crippen molar-refractivity contribution in [3.63, 3.8) is 0 Å². The molecule has 31 heavy (non-hydrogen) atoms. The summed E-state index contributed by atoms with van der Waals surface area (Å²) in [6.45, 7) is 4.07. The van der Waals surface area contributed by atoms with Gasteiger partial charge in [0.25, 0.3) is 5.91 Å². The highest BCUT2D eigenvalue weighted by Crippen LogP contribution is 2.23. The first kappa shape index (κ1) is 22.5. The lowest BCUT2D eigenvalue weighted by molar-refractivity contribution is -0.120. The number of nitrogens with one attached hydrogen (secondary N) is 1. The zero-order valence-electron chi connectivity index (χ0n) is 17.4. The second-order valence-electron chi connectivity index (χ2n) is 7.59. The summed E-state index contributed by atoms with van der Waals surface area (Å²) in [7, 11) is 0. The SMILES string of the molecule is CC(C)NC(=O)Cc1cccc(N(Cc2ccc(F)cc2)C(=O)c2ccc(Cl)cc2)c1. The van der Waals surface area contributed by atoms with Crippen LogP contribution >= 0.6 is 11.6 Å². The molecule has 0 aliphatic rings. The molecule has 0 unspecified atom stereocenters. The molecule has 6 heteroatoms. The van der Waals surface area contributed by atoms with E-state index in [9.17, 15) is 14.0 Å². The van der Waals surface area contributed by atoms with Crippen LogP contribution in [0.3, 0.4) is 0 Å². The summed E-state index contributed by atoms with van der Waals surface area (Å²) in [5.41, 5.74) is 2.71. The van der Waals surface area contributed by atoms with Crippen LogP contribution in [0.25, 0.3) is 0 Å². The number of hydrogen-bond donors (Lipinski definition) is 1. The first-order valence-electron chi connectivity index (χ1n) is 10.0. The Morgan fingerprint density at radius 2 is 1.65 bits per heavy atom. The summed E-state index contributed by atoms with van der Waals surface area (Å²) in [6, 6.07) is 20.1. The maximum absolute atomic E-state index is 13.3. The van der Waals surface area contributed by atoms with Crippen LogP contribution in [-0.4, -0.2) is 17.9 Å². The number of hydrogen-bond acceptors (Lipinski definition) is 2. The van der Waals surface area contributed by atoms with Gasteiger partial charge in [0.2, 0.25) is 5.91 Å². The molecule has 3 aromatic carbocycles. The van der Waals surface area contributed by atoms with E-state index in [1.807, 2.05) is 38.1 Å². The Kier molecular flexibility index (Phi) is 7.42. The van der Waals surface area contributed by atoms with Crippen molar-refractivity contribution in [1.29, 1.82) is 0 Å². The largest absolute Gasteiger partial charge is 0.354 e. The van der Waals surface area contributed by atoms with Gasteiger partial charge in [0.1, 0.15) is 5.82 Å². The molecule has 0 spiro atoms.